The maximum Gasteiger partial charge on any atom is -0.0218 e. The van der Waals surface area contributed by atoms with Crippen molar-refractivity contribution in [2.75, 3.05) is 0 Å². The van der Waals surface area contributed by atoms with Crippen LogP contribution in [0.1, 0.15) is 104 Å². The summed E-state index contributed by atoms with van der Waals surface area (Å²) in [5.74, 6) is 1.06. The molecule has 0 saturated heterocycles. The van der Waals surface area contributed by atoms with E-state index in [4.69, 9.17) is 0 Å². The molecule has 0 aromatic rings. The van der Waals surface area contributed by atoms with Gasteiger partial charge in [-0.05, 0) is 48.9 Å². The summed E-state index contributed by atoms with van der Waals surface area (Å²) >= 11 is 0. The van der Waals surface area contributed by atoms with E-state index in [1.807, 2.05) is 0 Å². The summed E-state index contributed by atoms with van der Waals surface area (Å²) in [6.45, 7) is 7.57. The fraction of sp³-hybridized carbons (Fsp3) is 1.00. The van der Waals surface area contributed by atoms with Crippen molar-refractivity contribution in [3.63, 3.8) is 0 Å². The minimum absolute atomic E-state index is 0.581. The summed E-state index contributed by atoms with van der Waals surface area (Å²) in [6, 6.07) is 0. The number of rotatable bonds is 6. The van der Waals surface area contributed by atoms with Crippen LogP contribution in [0.2, 0.25) is 0 Å². The van der Waals surface area contributed by atoms with Gasteiger partial charge in [-0.3, -0.25) is 0 Å². The molecule has 0 aliphatic heterocycles. The van der Waals surface area contributed by atoms with Crippen molar-refractivity contribution in [3.05, 3.63) is 0 Å². The lowest BCUT2D eigenvalue weighted by molar-refractivity contribution is -0.0393. The average Bonchev–Trinajstić information content (AvgIpc) is 2.94. The van der Waals surface area contributed by atoms with Crippen LogP contribution in [0.4, 0.5) is 0 Å². The third kappa shape index (κ3) is 3.19. The Hall–Kier alpha value is 0. The first-order valence-corrected chi connectivity index (χ1v) is 9.12. The smallest absolute Gasteiger partial charge is 0.0218 e. The van der Waals surface area contributed by atoms with Crippen molar-refractivity contribution in [1.82, 2.24) is 0 Å². The predicted molar refractivity (Wildman–Crippen MR) is 85.4 cm³/mol. The lowest BCUT2D eigenvalue weighted by Gasteiger charge is -2.54. The van der Waals surface area contributed by atoms with Crippen LogP contribution in [-0.4, -0.2) is 0 Å². The van der Waals surface area contributed by atoms with E-state index in [9.17, 15) is 0 Å². The summed E-state index contributed by atoms with van der Waals surface area (Å²) in [5.41, 5.74) is 1.28. The highest BCUT2D eigenvalue weighted by Crippen LogP contribution is 2.60. The van der Waals surface area contributed by atoms with Crippen LogP contribution >= 0.6 is 0 Å². The highest BCUT2D eigenvalue weighted by molar-refractivity contribution is 5.00. The molecule has 0 nitrogen and oxygen atoms in total. The van der Waals surface area contributed by atoms with E-state index >= 15 is 0 Å². The fourth-order valence-electron chi connectivity index (χ4n) is 5.36. The normalized spacial score (nSPS) is 24.8. The third-order valence-corrected chi connectivity index (χ3v) is 6.64. The Balaban J connectivity index is 2.10. The Kier molecular flexibility index (Phi) is 5.37. The van der Waals surface area contributed by atoms with Crippen molar-refractivity contribution < 1.29 is 0 Å². The molecule has 0 bridgehead atoms. The second kappa shape index (κ2) is 6.64. The first-order chi connectivity index (χ1) is 9.12. The Morgan fingerprint density at radius 2 is 1.53 bits per heavy atom. The van der Waals surface area contributed by atoms with Crippen LogP contribution in [0.15, 0.2) is 0 Å². The first kappa shape index (κ1) is 15.4. The highest BCUT2D eigenvalue weighted by atomic mass is 14.5. The quantitative estimate of drug-likeness (QED) is 0.466. The van der Waals surface area contributed by atoms with E-state index in [2.05, 4.69) is 20.8 Å². The molecule has 0 radical (unpaired) electrons. The van der Waals surface area contributed by atoms with Gasteiger partial charge in [-0.15, -0.1) is 0 Å². The lowest BCUT2D eigenvalue weighted by Crippen LogP contribution is -2.44. The van der Waals surface area contributed by atoms with Crippen molar-refractivity contribution in [3.8, 4) is 0 Å². The van der Waals surface area contributed by atoms with Gasteiger partial charge in [0.2, 0.25) is 0 Å². The van der Waals surface area contributed by atoms with Crippen molar-refractivity contribution in [2.45, 2.75) is 104 Å². The fourth-order valence-corrected chi connectivity index (χ4v) is 5.36. The molecule has 2 aliphatic rings. The van der Waals surface area contributed by atoms with Gasteiger partial charge < -0.3 is 0 Å². The molecule has 0 heteroatoms. The van der Waals surface area contributed by atoms with Crippen LogP contribution in [0.3, 0.4) is 0 Å². The van der Waals surface area contributed by atoms with Crippen molar-refractivity contribution >= 4 is 0 Å². The zero-order valence-electron chi connectivity index (χ0n) is 13.8. The molecule has 0 heterocycles. The molecule has 0 N–H and O–H groups in total. The third-order valence-electron chi connectivity index (χ3n) is 6.64. The molecule has 2 saturated carbocycles. The highest BCUT2D eigenvalue weighted by Gasteiger charge is 2.50. The standard InChI is InChI=1S/C19H36/c1-4-5-9-14-18(2,3)19(15-10-6-11-16-19)17-12-7-8-13-17/h17H,4-16H2,1-3H3. The van der Waals surface area contributed by atoms with E-state index in [1.54, 1.807) is 0 Å². The molecule has 112 valence electrons. The summed E-state index contributed by atoms with van der Waals surface area (Å²) in [5, 5.41) is 0. The van der Waals surface area contributed by atoms with Gasteiger partial charge >= 0.3 is 0 Å². The zero-order chi connectivity index (χ0) is 13.8. The molecule has 2 rings (SSSR count). The molecule has 0 atom stereocenters. The van der Waals surface area contributed by atoms with Gasteiger partial charge in [0.05, 0.1) is 0 Å². The molecule has 2 fully saturated rings. The van der Waals surface area contributed by atoms with Gasteiger partial charge in [-0.25, -0.2) is 0 Å². The Labute approximate surface area is 121 Å². The van der Waals surface area contributed by atoms with Gasteiger partial charge in [0.25, 0.3) is 0 Å². The van der Waals surface area contributed by atoms with Crippen LogP contribution < -0.4 is 0 Å². The summed E-state index contributed by atoms with van der Waals surface area (Å²) in [7, 11) is 0. The summed E-state index contributed by atoms with van der Waals surface area (Å²) < 4.78 is 0. The Morgan fingerprint density at radius 1 is 0.895 bits per heavy atom. The number of hydrogen-bond acceptors (Lipinski definition) is 0. The van der Waals surface area contributed by atoms with Crippen molar-refractivity contribution in [2.24, 2.45) is 16.7 Å². The van der Waals surface area contributed by atoms with E-state index in [0.29, 0.717) is 10.8 Å². The van der Waals surface area contributed by atoms with Crippen LogP contribution in [0.25, 0.3) is 0 Å². The van der Waals surface area contributed by atoms with Gasteiger partial charge in [-0.1, -0.05) is 72.1 Å². The SMILES string of the molecule is CCCCCC(C)(C)C1(C2CCCC2)CCCCC1. The number of hydrogen-bond donors (Lipinski definition) is 0. The first-order valence-electron chi connectivity index (χ1n) is 9.12. The van der Waals surface area contributed by atoms with E-state index < -0.39 is 0 Å². The van der Waals surface area contributed by atoms with Gasteiger partial charge in [0, 0.05) is 0 Å². The lowest BCUT2D eigenvalue weighted by atomic mass is 9.51. The van der Waals surface area contributed by atoms with Crippen LogP contribution in [0, 0.1) is 16.7 Å². The number of unbranched alkanes of at least 4 members (excludes halogenated alkanes) is 2. The molecular weight excluding hydrogens is 228 g/mol. The van der Waals surface area contributed by atoms with Crippen molar-refractivity contribution in [1.29, 1.82) is 0 Å². The average molecular weight is 264 g/mol. The van der Waals surface area contributed by atoms with Gasteiger partial charge in [0.1, 0.15) is 0 Å². The minimum atomic E-state index is 0.581. The molecule has 2 aliphatic carbocycles. The Bertz CT molecular complexity index is 251. The van der Waals surface area contributed by atoms with Crippen LogP contribution in [-0.2, 0) is 0 Å². The van der Waals surface area contributed by atoms with Crippen LogP contribution in [0.5, 0.6) is 0 Å². The Morgan fingerprint density at radius 3 is 2.11 bits per heavy atom. The largest absolute Gasteiger partial charge is 0.0654 e. The topological polar surface area (TPSA) is 0 Å². The second-order valence-corrected chi connectivity index (χ2v) is 8.04. The maximum atomic E-state index is 2.62. The van der Waals surface area contributed by atoms with E-state index in [0.717, 1.165) is 5.92 Å². The molecular formula is C19H36. The minimum Gasteiger partial charge on any atom is -0.0654 e. The van der Waals surface area contributed by atoms with E-state index in [1.165, 1.54) is 83.5 Å². The predicted octanol–water partition coefficient (Wildman–Crippen LogP) is 6.73. The monoisotopic (exact) mass is 264 g/mol. The molecule has 0 aromatic carbocycles. The maximum absolute atomic E-state index is 2.62. The zero-order valence-corrected chi connectivity index (χ0v) is 13.8. The summed E-state index contributed by atoms with van der Waals surface area (Å²) in [4.78, 5) is 0. The molecule has 0 unspecified atom stereocenters. The summed E-state index contributed by atoms with van der Waals surface area (Å²) in [6.07, 6.45) is 19.4. The molecule has 19 heavy (non-hydrogen) atoms. The molecule has 0 amide bonds. The van der Waals surface area contributed by atoms with Gasteiger partial charge in [-0.2, -0.15) is 0 Å². The molecule has 0 spiro atoms. The van der Waals surface area contributed by atoms with E-state index in [-0.39, 0.29) is 0 Å². The second-order valence-electron chi connectivity index (χ2n) is 8.04. The van der Waals surface area contributed by atoms with Gasteiger partial charge in [0.15, 0.2) is 0 Å². The molecule has 0 aromatic heterocycles.